The number of carboxylic acid groups (broad SMARTS) is 1. The van der Waals surface area contributed by atoms with Crippen molar-refractivity contribution in [3.8, 4) is 11.4 Å². The number of aromatic carboxylic acids is 1. The van der Waals surface area contributed by atoms with Crippen LogP contribution in [0.1, 0.15) is 22.8 Å². The van der Waals surface area contributed by atoms with Crippen molar-refractivity contribution < 1.29 is 14.8 Å². The first-order valence-corrected chi connectivity index (χ1v) is 9.11. The van der Waals surface area contributed by atoms with Gasteiger partial charge in [0.1, 0.15) is 0 Å². The van der Waals surface area contributed by atoms with Gasteiger partial charge in [-0.05, 0) is 36.8 Å². The minimum absolute atomic E-state index is 0.0284. The largest absolute Gasteiger partial charge is 0.478 e. The molecule has 8 nitrogen and oxygen atoms in total. The van der Waals surface area contributed by atoms with Crippen LogP contribution >= 0.6 is 11.8 Å². The summed E-state index contributed by atoms with van der Waals surface area (Å²) >= 11 is 1.50. The summed E-state index contributed by atoms with van der Waals surface area (Å²) in [6, 6.07) is 12.9. The van der Waals surface area contributed by atoms with Crippen LogP contribution in [0.2, 0.25) is 0 Å². The molecule has 0 radical (unpaired) electrons. The van der Waals surface area contributed by atoms with Crippen LogP contribution in [0.25, 0.3) is 11.4 Å². The Balaban J connectivity index is 1.77. The van der Waals surface area contributed by atoms with E-state index in [1.54, 1.807) is 36.4 Å². The highest BCUT2D eigenvalue weighted by Crippen LogP contribution is 2.27. The molecule has 1 aromatic heterocycles. The number of aromatic nitrogens is 3. The molecule has 0 atom stereocenters. The lowest BCUT2D eigenvalue weighted by Gasteiger charge is -2.07. The van der Waals surface area contributed by atoms with Gasteiger partial charge in [-0.1, -0.05) is 23.9 Å². The fourth-order valence-corrected chi connectivity index (χ4v) is 3.48. The van der Waals surface area contributed by atoms with Crippen LogP contribution in [-0.2, 0) is 12.3 Å². The van der Waals surface area contributed by atoms with E-state index in [-0.39, 0.29) is 11.3 Å². The van der Waals surface area contributed by atoms with E-state index < -0.39 is 10.9 Å². The Morgan fingerprint density at radius 2 is 1.81 bits per heavy atom. The fourth-order valence-electron chi connectivity index (χ4n) is 2.52. The number of nitro groups is 1. The Bertz CT molecular complexity index is 968. The summed E-state index contributed by atoms with van der Waals surface area (Å²) in [5.41, 5.74) is 2.02. The molecular formula is C18H16N4O4S. The quantitative estimate of drug-likeness (QED) is 0.374. The molecule has 1 N–H and O–H groups in total. The van der Waals surface area contributed by atoms with Crippen molar-refractivity contribution >= 4 is 23.4 Å². The highest BCUT2D eigenvalue weighted by Gasteiger charge is 2.14. The Labute approximate surface area is 159 Å². The van der Waals surface area contributed by atoms with E-state index in [0.717, 1.165) is 16.3 Å². The number of benzene rings is 2. The van der Waals surface area contributed by atoms with Gasteiger partial charge in [0.2, 0.25) is 0 Å². The van der Waals surface area contributed by atoms with Gasteiger partial charge in [-0.25, -0.2) is 4.79 Å². The number of nitro benzene ring substituents is 1. The second-order valence-electron chi connectivity index (χ2n) is 5.65. The van der Waals surface area contributed by atoms with Gasteiger partial charge in [0.25, 0.3) is 5.69 Å². The van der Waals surface area contributed by atoms with Crippen molar-refractivity contribution in [2.45, 2.75) is 24.4 Å². The van der Waals surface area contributed by atoms with E-state index in [4.69, 9.17) is 5.11 Å². The molecular weight excluding hydrogens is 368 g/mol. The molecule has 0 fully saturated rings. The van der Waals surface area contributed by atoms with Gasteiger partial charge in [-0.2, -0.15) is 0 Å². The first-order valence-electron chi connectivity index (χ1n) is 8.12. The maximum atomic E-state index is 10.9. The zero-order valence-electron chi connectivity index (χ0n) is 14.4. The predicted molar refractivity (Wildman–Crippen MR) is 101 cm³/mol. The van der Waals surface area contributed by atoms with Crippen LogP contribution in [0.15, 0.2) is 53.7 Å². The normalized spacial score (nSPS) is 10.7. The first kappa shape index (κ1) is 18.6. The molecule has 0 unspecified atom stereocenters. The van der Waals surface area contributed by atoms with Crippen molar-refractivity contribution in [2.75, 3.05) is 0 Å². The highest BCUT2D eigenvalue weighted by atomic mass is 32.2. The third kappa shape index (κ3) is 4.14. The van der Waals surface area contributed by atoms with Crippen LogP contribution in [0.3, 0.4) is 0 Å². The maximum Gasteiger partial charge on any atom is 0.335 e. The van der Waals surface area contributed by atoms with Gasteiger partial charge in [0.05, 0.1) is 10.5 Å². The van der Waals surface area contributed by atoms with E-state index in [0.29, 0.717) is 18.1 Å². The Kier molecular flexibility index (Phi) is 5.51. The molecule has 3 aromatic rings. The number of carbonyl (C=O) groups is 1. The van der Waals surface area contributed by atoms with Crippen molar-refractivity contribution in [1.29, 1.82) is 0 Å². The Morgan fingerprint density at radius 3 is 2.37 bits per heavy atom. The molecule has 3 rings (SSSR count). The smallest absolute Gasteiger partial charge is 0.335 e. The van der Waals surface area contributed by atoms with Gasteiger partial charge >= 0.3 is 5.97 Å². The fraction of sp³-hybridized carbons (Fsp3) is 0.167. The summed E-state index contributed by atoms with van der Waals surface area (Å²) in [6.45, 7) is 2.63. The zero-order chi connectivity index (χ0) is 19.4. The molecule has 0 amide bonds. The van der Waals surface area contributed by atoms with Crippen molar-refractivity contribution in [3.63, 3.8) is 0 Å². The minimum Gasteiger partial charge on any atom is -0.478 e. The number of nitrogens with zero attached hydrogens (tertiary/aromatic N) is 4. The molecule has 0 spiro atoms. The van der Waals surface area contributed by atoms with Crippen LogP contribution < -0.4 is 0 Å². The molecule has 138 valence electrons. The number of non-ortho nitro benzene ring substituents is 1. The van der Waals surface area contributed by atoms with Crippen molar-refractivity contribution in [2.24, 2.45) is 0 Å². The lowest BCUT2D eigenvalue weighted by Crippen LogP contribution is -2.00. The average Bonchev–Trinajstić information content (AvgIpc) is 3.09. The summed E-state index contributed by atoms with van der Waals surface area (Å²) in [5, 5.41) is 28.9. The van der Waals surface area contributed by atoms with Gasteiger partial charge in [-0.3, -0.25) is 10.1 Å². The standard InChI is InChI=1S/C18H16N4O4S/c1-2-21-16(13-7-9-15(10-8-13)22(25)26)19-20-18(21)27-11-12-3-5-14(6-4-12)17(23)24/h3-10H,2,11H2,1H3,(H,23,24). The molecule has 0 aliphatic rings. The topological polar surface area (TPSA) is 111 Å². The van der Waals surface area contributed by atoms with Crippen LogP contribution in [0.5, 0.6) is 0 Å². The average molecular weight is 384 g/mol. The number of rotatable bonds is 7. The summed E-state index contributed by atoms with van der Waals surface area (Å²) in [7, 11) is 0. The Hall–Kier alpha value is -3.20. The molecule has 2 aromatic carbocycles. The predicted octanol–water partition coefficient (Wildman–Crippen LogP) is 3.86. The second-order valence-corrected chi connectivity index (χ2v) is 6.59. The van der Waals surface area contributed by atoms with Crippen LogP contribution in [0, 0.1) is 10.1 Å². The van der Waals surface area contributed by atoms with E-state index >= 15 is 0 Å². The van der Waals surface area contributed by atoms with Gasteiger partial charge in [-0.15, -0.1) is 10.2 Å². The van der Waals surface area contributed by atoms with Gasteiger partial charge in [0, 0.05) is 30.0 Å². The van der Waals surface area contributed by atoms with Crippen LogP contribution in [0.4, 0.5) is 5.69 Å². The highest BCUT2D eigenvalue weighted by molar-refractivity contribution is 7.98. The zero-order valence-corrected chi connectivity index (χ0v) is 15.2. The Morgan fingerprint density at radius 1 is 1.15 bits per heavy atom. The summed E-state index contributed by atoms with van der Waals surface area (Å²) in [6.07, 6.45) is 0. The van der Waals surface area contributed by atoms with E-state index in [9.17, 15) is 14.9 Å². The summed E-state index contributed by atoms with van der Waals surface area (Å²) < 4.78 is 1.94. The monoisotopic (exact) mass is 384 g/mol. The molecule has 27 heavy (non-hydrogen) atoms. The van der Waals surface area contributed by atoms with Gasteiger partial charge in [0.15, 0.2) is 11.0 Å². The number of carboxylic acids is 1. The molecule has 0 aliphatic carbocycles. The van der Waals surface area contributed by atoms with Crippen molar-refractivity contribution in [1.82, 2.24) is 14.8 Å². The molecule has 0 aliphatic heterocycles. The SMILES string of the molecule is CCn1c(SCc2ccc(C(=O)O)cc2)nnc1-c1ccc([N+](=O)[O-])cc1. The van der Waals surface area contributed by atoms with E-state index in [1.165, 1.54) is 23.9 Å². The number of hydrogen-bond donors (Lipinski definition) is 1. The number of hydrogen-bond acceptors (Lipinski definition) is 6. The number of thioether (sulfide) groups is 1. The molecule has 1 heterocycles. The molecule has 0 saturated heterocycles. The second kappa shape index (κ2) is 8.00. The van der Waals surface area contributed by atoms with Gasteiger partial charge < -0.3 is 9.67 Å². The van der Waals surface area contributed by atoms with E-state index in [2.05, 4.69) is 10.2 Å². The lowest BCUT2D eigenvalue weighted by molar-refractivity contribution is -0.384. The third-order valence-corrected chi connectivity index (χ3v) is 4.98. The van der Waals surface area contributed by atoms with Crippen molar-refractivity contribution in [3.05, 3.63) is 69.8 Å². The molecule has 0 bridgehead atoms. The third-order valence-electron chi connectivity index (χ3n) is 3.94. The summed E-state index contributed by atoms with van der Waals surface area (Å²) in [4.78, 5) is 21.3. The summed E-state index contributed by atoms with van der Waals surface area (Å²) in [5.74, 6) is 0.321. The molecule has 0 saturated carbocycles. The maximum absolute atomic E-state index is 10.9. The lowest BCUT2D eigenvalue weighted by atomic mass is 10.1. The van der Waals surface area contributed by atoms with E-state index in [1.807, 2.05) is 11.5 Å². The first-order chi connectivity index (χ1) is 13.0. The van der Waals surface area contributed by atoms with Crippen LogP contribution in [-0.4, -0.2) is 30.8 Å². The molecule has 9 heteroatoms. The minimum atomic E-state index is -0.951.